The molecular weight excluding hydrogens is 240 g/mol. The number of aromatic nitrogens is 2. The quantitative estimate of drug-likeness (QED) is 0.764. The molecule has 0 spiro atoms. The third-order valence-corrected chi connectivity index (χ3v) is 2.63. The monoisotopic (exact) mass is 256 g/mol. The van der Waals surface area contributed by atoms with E-state index in [0.717, 1.165) is 25.4 Å². The molecule has 98 valence electrons. The number of rotatable bonds is 7. The van der Waals surface area contributed by atoms with E-state index in [2.05, 4.69) is 10.4 Å². The maximum absolute atomic E-state index is 8.41. The van der Waals surface area contributed by atoms with Gasteiger partial charge in [-0.3, -0.25) is 4.68 Å². The molecule has 19 heavy (non-hydrogen) atoms. The third-order valence-electron chi connectivity index (χ3n) is 2.63. The fourth-order valence-corrected chi connectivity index (χ4v) is 1.68. The SMILES string of the molecule is N#CCOc1ccc(CNCCn2cccn2)cc1. The minimum atomic E-state index is 0.0848. The van der Waals surface area contributed by atoms with E-state index in [0.29, 0.717) is 0 Å². The molecule has 1 heterocycles. The van der Waals surface area contributed by atoms with Crippen molar-refractivity contribution in [3.8, 4) is 11.8 Å². The highest BCUT2D eigenvalue weighted by Gasteiger charge is 1.96. The maximum Gasteiger partial charge on any atom is 0.174 e. The van der Waals surface area contributed by atoms with Crippen molar-refractivity contribution in [1.82, 2.24) is 15.1 Å². The van der Waals surface area contributed by atoms with Crippen molar-refractivity contribution in [3.05, 3.63) is 48.3 Å². The standard InChI is InChI=1S/C14H16N4O/c15-6-11-19-14-4-2-13(3-5-14)12-16-8-10-18-9-1-7-17-18/h1-5,7,9,16H,8,10-12H2. The smallest absolute Gasteiger partial charge is 0.174 e. The predicted octanol–water partition coefficient (Wildman–Crippen LogP) is 1.58. The van der Waals surface area contributed by atoms with Gasteiger partial charge in [-0.2, -0.15) is 10.4 Å². The third kappa shape index (κ3) is 4.45. The van der Waals surface area contributed by atoms with E-state index < -0.39 is 0 Å². The highest BCUT2D eigenvalue weighted by atomic mass is 16.5. The van der Waals surface area contributed by atoms with Crippen molar-refractivity contribution in [1.29, 1.82) is 5.26 Å². The number of nitrogens with zero attached hydrogens (tertiary/aromatic N) is 3. The van der Waals surface area contributed by atoms with Crippen LogP contribution in [0.25, 0.3) is 0 Å². The Morgan fingerprint density at radius 2 is 2.16 bits per heavy atom. The maximum atomic E-state index is 8.41. The second-order valence-electron chi connectivity index (χ2n) is 4.04. The summed E-state index contributed by atoms with van der Waals surface area (Å²) in [5.74, 6) is 0.724. The van der Waals surface area contributed by atoms with E-state index in [4.69, 9.17) is 10.00 Å². The first-order chi connectivity index (χ1) is 9.38. The average molecular weight is 256 g/mol. The molecule has 0 aliphatic heterocycles. The van der Waals surface area contributed by atoms with Gasteiger partial charge in [0.25, 0.3) is 0 Å². The first-order valence-corrected chi connectivity index (χ1v) is 6.15. The Balaban J connectivity index is 1.69. The second-order valence-corrected chi connectivity index (χ2v) is 4.04. The number of hydrogen-bond donors (Lipinski definition) is 1. The van der Waals surface area contributed by atoms with Crippen molar-refractivity contribution >= 4 is 0 Å². The summed E-state index contributed by atoms with van der Waals surface area (Å²) in [6, 6.07) is 11.6. The average Bonchev–Trinajstić information content (AvgIpc) is 2.96. The molecule has 0 unspecified atom stereocenters. The molecule has 0 aliphatic carbocycles. The molecule has 5 nitrogen and oxygen atoms in total. The Bertz CT molecular complexity index is 513. The first kappa shape index (κ1) is 13.1. The molecule has 0 saturated heterocycles. The lowest BCUT2D eigenvalue weighted by molar-refractivity contribution is 0.368. The molecule has 1 aromatic heterocycles. The number of nitrogens with one attached hydrogen (secondary N) is 1. The summed E-state index contributed by atoms with van der Waals surface area (Å²) in [7, 11) is 0. The normalized spacial score (nSPS) is 10.1. The summed E-state index contributed by atoms with van der Waals surface area (Å²) in [6.07, 6.45) is 3.73. The fourth-order valence-electron chi connectivity index (χ4n) is 1.68. The molecule has 0 bridgehead atoms. The Kier molecular flexibility index (Phi) is 4.96. The zero-order valence-corrected chi connectivity index (χ0v) is 10.6. The van der Waals surface area contributed by atoms with Crippen LogP contribution >= 0.6 is 0 Å². The van der Waals surface area contributed by atoms with Crippen LogP contribution < -0.4 is 10.1 Å². The Labute approximate surface area is 112 Å². The van der Waals surface area contributed by atoms with Gasteiger partial charge in [0.2, 0.25) is 0 Å². The molecule has 0 atom stereocenters. The van der Waals surface area contributed by atoms with Crippen LogP contribution in [0.3, 0.4) is 0 Å². The number of nitriles is 1. The van der Waals surface area contributed by atoms with Crippen LogP contribution in [-0.2, 0) is 13.1 Å². The largest absolute Gasteiger partial charge is 0.479 e. The van der Waals surface area contributed by atoms with Crippen molar-refractivity contribution in [2.75, 3.05) is 13.2 Å². The predicted molar refractivity (Wildman–Crippen MR) is 71.5 cm³/mol. The number of benzene rings is 1. The molecule has 2 rings (SSSR count). The molecule has 5 heteroatoms. The summed E-state index contributed by atoms with van der Waals surface area (Å²) in [6.45, 7) is 2.62. The van der Waals surface area contributed by atoms with Gasteiger partial charge in [0.05, 0.1) is 6.54 Å². The summed E-state index contributed by atoms with van der Waals surface area (Å²) < 4.78 is 7.09. The lowest BCUT2D eigenvalue weighted by Crippen LogP contribution is -2.19. The van der Waals surface area contributed by atoms with Crippen LogP contribution in [-0.4, -0.2) is 22.9 Å². The first-order valence-electron chi connectivity index (χ1n) is 6.15. The molecule has 0 radical (unpaired) electrons. The van der Waals surface area contributed by atoms with Crippen molar-refractivity contribution in [3.63, 3.8) is 0 Å². The van der Waals surface area contributed by atoms with Crippen molar-refractivity contribution in [2.24, 2.45) is 0 Å². The van der Waals surface area contributed by atoms with Crippen molar-refractivity contribution < 1.29 is 4.74 Å². The van der Waals surface area contributed by atoms with Gasteiger partial charge in [0.1, 0.15) is 11.8 Å². The Hall–Kier alpha value is -2.32. The minimum Gasteiger partial charge on any atom is -0.479 e. The van der Waals surface area contributed by atoms with Crippen molar-refractivity contribution in [2.45, 2.75) is 13.1 Å². The van der Waals surface area contributed by atoms with E-state index >= 15 is 0 Å². The van der Waals surface area contributed by atoms with Gasteiger partial charge in [0.15, 0.2) is 6.61 Å². The fraction of sp³-hybridized carbons (Fsp3) is 0.286. The molecule has 1 N–H and O–H groups in total. The summed E-state index contributed by atoms with van der Waals surface area (Å²) >= 11 is 0. The zero-order valence-electron chi connectivity index (χ0n) is 10.6. The second kappa shape index (κ2) is 7.19. The van der Waals surface area contributed by atoms with E-state index in [1.807, 2.05) is 47.3 Å². The van der Waals surface area contributed by atoms with Crippen LogP contribution in [0.15, 0.2) is 42.7 Å². The Morgan fingerprint density at radius 1 is 1.32 bits per heavy atom. The molecule has 1 aromatic carbocycles. The van der Waals surface area contributed by atoms with Crippen LogP contribution in [0.5, 0.6) is 5.75 Å². The van der Waals surface area contributed by atoms with Gasteiger partial charge >= 0.3 is 0 Å². The highest BCUT2D eigenvalue weighted by Crippen LogP contribution is 2.11. The lowest BCUT2D eigenvalue weighted by atomic mass is 10.2. The van der Waals surface area contributed by atoms with E-state index in [-0.39, 0.29) is 6.61 Å². The lowest BCUT2D eigenvalue weighted by Gasteiger charge is -2.06. The molecule has 0 amide bonds. The van der Waals surface area contributed by atoms with Crippen LogP contribution in [0, 0.1) is 11.3 Å². The molecule has 0 aliphatic rings. The molecule has 0 fully saturated rings. The minimum absolute atomic E-state index is 0.0848. The summed E-state index contributed by atoms with van der Waals surface area (Å²) in [5.41, 5.74) is 1.18. The topological polar surface area (TPSA) is 62.9 Å². The van der Waals surface area contributed by atoms with Gasteiger partial charge in [0, 0.05) is 25.5 Å². The van der Waals surface area contributed by atoms with Gasteiger partial charge in [-0.05, 0) is 23.8 Å². The summed E-state index contributed by atoms with van der Waals surface area (Å²) in [5, 5.41) is 15.9. The van der Waals surface area contributed by atoms with Gasteiger partial charge in [-0.15, -0.1) is 0 Å². The Morgan fingerprint density at radius 3 is 2.84 bits per heavy atom. The van der Waals surface area contributed by atoms with E-state index in [1.54, 1.807) is 6.20 Å². The number of ether oxygens (including phenoxy) is 1. The summed E-state index contributed by atoms with van der Waals surface area (Å²) in [4.78, 5) is 0. The highest BCUT2D eigenvalue weighted by molar-refractivity contribution is 5.27. The van der Waals surface area contributed by atoms with Gasteiger partial charge in [-0.1, -0.05) is 12.1 Å². The van der Waals surface area contributed by atoms with Crippen LogP contribution in [0.4, 0.5) is 0 Å². The van der Waals surface area contributed by atoms with Gasteiger partial charge in [-0.25, -0.2) is 0 Å². The van der Waals surface area contributed by atoms with Crippen LogP contribution in [0.1, 0.15) is 5.56 Å². The molecule has 2 aromatic rings. The van der Waals surface area contributed by atoms with Gasteiger partial charge < -0.3 is 10.1 Å². The van der Waals surface area contributed by atoms with E-state index in [9.17, 15) is 0 Å². The molecule has 0 saturated carbocycles. The number of hydrogen-bond acceptors (Lipinski definition) is 4. The molecular formula is C14H16N4O. The van der Waals surface area contributed by atoms with E-state index in [1.165, 1.54) is 5.56 Å². The zero-order chi connectivity index (χ0) is 13.3. The van der Waals surface area contributed by atoms with Crippen LogP contribution in [0.2, 0.25) is 0 Å².